The molecule has 4 nitrogen and oxygen atoms in total. The molecule has 3 rings (SSSR count). The molecule has 0 fully saturated rings. The summed E-state index contributed by atoms with van der Waals surface area (Å²) in [5, 5.41) is 9.90. The average molecular weight is 338 g/mol. The predicted octanol–water partition coefficient (Wildman–Crippen LogP) is 3.72. The molecule has 0 radical (unpaired) electrons. The van der Waals surface area contributed by atoms with Crippen LogP contribution in [0, 0.1) is 11.3 Å². The number of ketones is 2. The lowest BCUT2D eigenvalue weighted by Crippen LogP contribution is -2.49. The van der Waals surface area contributed by atoms with Gasteiger partial charge in [0, 0.05) is 11.8 Å². The highest BCUT2D eigenvalue weighted by Crippen LogP contribution is 2.55. The average Bonchev–Trinajstić information content (AvgIpc) is 2.60. The van der Waals surface area contributed by atoms with E-state index in [4.69, 9.17) is 4.74 Å². The number of hydrogen-bond donors (Lipinski definition) is 1. The third kappa shape index (κ3) is 2.44. The third-order valence-corrected chi connectivity index (χ3v) is 5.57. The lowest BCUT2D eigenvalue weighted by atomic mass is 9.53. The van der Waals surface area contributed by atoms with Gasteiger partial charge in [0.25, 0.3) is 0 Å². The first-order valence-corrected chi connectivity index (χ1v) is 8.31. The molecule has 0 heterocycles. The Kier molecular flexibility index (Phi) is 4.15. The number of benzene rings is 1. The quantitative estimate of drug-likeness (QED) is 0.912. The van der Waals surface area contributed by atoms with E-state index in [0.717, 1.165) is 11.1 Å². The van der Waals surface area contributed by atoms with Crippen LogP contribution in [0.25, 0.3) is 0 Å². The maximum absolute atomic E-state index is 13.1. The molecular formula is C21H22O4. The Balaban J connectivity index is 2.24. The molecule has 130 valence electrons. The van der Waals surface area contributed by atoms with Gasteiger partial charge >= 0.3 is 0 Å². The Hall–Kier alpha value is -2.62. The summed E-state index contributed by atoms with van der Waals surface area (Å²) in [6.45, 7) is 7.46. The summed E-state index contributed by atoms with van der Waals surface area (Å²) < 4.78 is 5.22. The van der Waals surface area contributed by atoms with E-state index in [9.17, 15) is 14.7 Å². The van der Waals surface area contributed by atoms with Crippen LogP contribution in [0.5, 0.6) is 11.5 Å². The van der Waals surface area contributed by atoms with Crippen LogP contribution in [0.2, 0.25) is 0 Å². The van der Waals surface area contributed by atoms with Crippen LogP contribution >= 0.6 is 0 Å². The number of rotatable bonds is 3. The first-order valence-electron chi connectivity index (χ1n) is 8.31. The van der Waals surface area contributed by atoms with Gasteiger partial charge in [0.1, 0.15) is 0 Å². The maximum Gasteiger partial charge on any atom is 0.166 e. The number of phenols is 1. The van der Waals surface area contributed by atoms with E-state index >= 15 is 0 Å². The molecule has 4 heteroatoms. The summed E-state index contributed by atoms with van der Waals surface area (Å²) in [5.41, 5.74) is 1.35. The van der Waals surface area contributed by atoms with Crippen LogP contribution in [0.4, 0.5) is 0 Å². The van der Waals surface area contributed by atoms with E-state index in [1.165, 1.54) is 13.2 Å². The monoisotopic (exact) mass is 338 g/mol. The van der Waals surface area contributed by atoms with Crippen molar-refractivity contribution >= 4 is 11.6 Å². The van der Waals surface area contributed by atoms with Gasteiger partial charge in [0.05, 0.1) is 12.5 Å². The molecule has 0 amide bonds. The standard InChI is InChI=1S/C21H22O4/c1-5-13-6-8-15-17(23)10-12(2)20(24)21(15,3)19(13)14-7-9-16(22)18(11-14)25-4/h5-7,9-11,15,19,22H,1,8H2,2-4H3/t15-,19+,21+/m0/s1. The molecule has 3 atom stereocenters. The lowest BCUT2D eigenvalue weighted by molar-refractivity contribution is -0.137. The fraction of sp³-hybridized carbons (Fsp3) is 0.333. The second-order valence-corrected chi connectivity index (χ2v) is 6.90. The summed E-state index contributed by atoms with van der Waals surface area (Å²) in [5.74, 6) is -0.352. The first kappa shape index (κ1) is 17.2. The Morgan fingerprint density at radius 3 is 2.72 bits per heavy atom. The minimum atomic E-state index is -0.879. The Bertz CT molecular complexity index is 830. The van der Waals surface area contributed by atoms with Gasteiger partial charge in [-0.05, 0) is 48.3 Å². The second kappa shape index (κ2) is 6.03. The highest BCUT2D eigenvalue weighted by atomic mass is 16.5. The summed E-state index contributed by atoms with van der Waals surface area (Å²) in [4.78, 5) is 25.7. The SMILES string of the molecule is C=CC1=CC[C@H]2C(=O)C=C(C)C(=O)[C@@]2(C)[C@H]1c1ccc(O)c(OC)c1. The fourth-order valence-electron chi connectivity index (χ4n) is 4.28. The number of fused-ring (bicyclic) bond motifs is 1. The van der Waals surface area contributed by atoms with Gasteiger partial charge in [-0.2, -0.15) is 0 Å². The van der Waals surface area contributed by atoms with Crippen molar-refractivity contribution in [1.29, 1.82) is 0 Å². The summed E-state index contributed by atoms with van der Waals surface area (Å²) in [7, 11) is 1.48. The van der Waals surface area contributed by atoms with Gasteiger partial charge in [0.2, 0.25) is 0 Å². The smallest absolute Gasteiger partial charge is 0.166 e. The minimum absolute atomic E-state index is 0.00490. The Labute approximate surface area is 147 Å². The number of carbonyl (C=O) groups excluding carboxylic acids is 2. The number of ether oxygens (including phenoxy) is 1. The first-order chi connectivity index (χ1) is 11.8. The summed E-state index contributed by atoms with van der Waals surface area (Å²) in [6, 6.07) is 5.06. The van der Waals surface area contributed by atoms with Gasteiger partial charge < -0.3 is 9.84 Å². The van der Waals surface area contributed by atoms with Gasteiger partial charge in [-0.25, -0.2) is 0 Å². The predicted molar refractivity (Wildman–Crippen MR) is 95.7 cm³/mol. The molecule has 1 aromatic carbocycles. The van der Waals surface area contributed by atoms with E-state index in [-0.39, 0.29) is 23.2 Å². The van der Waals surface area contributed by atoms with E-state index in [1.54, 1.807) is 31.2 Å². The summed E-state index contributed by atoms with van der Waals surface area (Å²) >= 11 is 0. The molecule has 1 aromatic rings. The maximum atomic E-state index is 13.1. The Morgan fingerprint density at radius 2 is 2.08 bits per heavy atom. The van der Waals surface area contributed by atoms with Crippen molar-refractivity contribution in [2.45, 2.75) is 26.2 Å². The molecule has 0 saturated carbocycles. The van der Waals surface area contributed by atoms with Crippen molar-refractivity contribution in [2.24, 2.45) is 11.3 Å². The van der Waals surface area contributed by atoms with Crippen LogP contribution in [-0.4, -0.2) is 23.8 Å². The molecule has 0 bridgehead atoms. The topological polar surface area (TPSA) is 63.6 Å². The number of aromatic hydroxyl groups is 1. The van der Waals surface area contributed by atoms with Crippen molar-refractivity contribution < 1.29 is 19.4 Å². The molecular weight excluding hydrogens is 316 g/mol. The lowest BCUT2D eigenvalue weighted by Gasteiger charge is -2.47. The zero-order chi connectivity index (χ0) is 18.4. The highest BCUT2D eigenvalue weighted by Gasteiger charge is 2.54. The zero-order valence-electron chi connectivity index (χ0n) is 14.7. The van der Waals surface area contributed by atoms with Crippen molar-refractivity contribution in [3.63, 3.8) is 0 Å². The molecule has 0 aliphatic heterocycles. The number of allylic oxidation sites excluding steroid dienone is 5. The van der Waals surface area contributed by atoms with Crippen LogP contribution in [0.3, 0.4) is 0 Å². The molecule has 0 spiro atoms. The van der Waals surface area contributed by atoms with Gasteiger partial charge in [-0.15, -0.1) is 0 Å². The van der Waals surface area contributed by atoms with Gasteiger partial charge in [0.15, 0.2) is 23.1 Å². The van der Waals surface area contributed by atoms with Crippen molar-refractivity contribution in [3.8, 4) is 11.5 Å². The van der Waals surface area contributed by atoms with Crippen LogP contribution in [0.1, 0.15) is 31.7 Å². The van der Waals surface area contributed by atoms with Gasteiger partial charge in [-0.3, -0.25) is 9.59 Å². The molecule has 0 aromatic heterocycles. The Morgan fingerprint density at radius 1 is 1.36 bits per heavy atom. The van der Waals surface area contributed by atoms with Crippen LogP contribution in [0.15, 0.2) is 54.2 Å². The zero-order valence-corrected chi connectivity index (χ0v) is 14.7. The summed E-state index contributed by atoms with van der Waals surface area (Å²) in [6.07, 6.45) is 5.73. The number of carbonyl (C=O) groups is 2. The molecule has 0 unspecified atom stereocenters. The highest BCUT2D eigenvalue weighted by molar-refractivity contribution is 6.13. The van der Waals surface area contributed by atoms with Crippen LogP contribution in [-0.2, 0) is 9.59 Å². The molecule has 0 saturated heterocycles. The number of hydrogen-bond acceptors (Lipinski definition) is 4. The van der Waals surface area contributed by atoms with E-state index in [1.807, 2.05) is 13.0 Å². The van der Waals surface area contributed by atoms with E-state index < -0.39 is 11.3 Å². The van der Waals surface area contributed by atoms with Crippen LogP contribution < -0.4 is 4.74 Å². The van der Waals surface area contributed by atoms with E-state index in [0.29, 0.717) is 17.7 Å². The van der Waals surface area contributed by atoms with E-state index in [2.05, 4.69) is 6.58 Å². The normalized spacial score (nSPS) is 28.8. The van der Waals surface area contributed by atoms with Gasteiger partial charge in [-0.1, -0.05) is 31.7 Å². The van der Waals surface area contributed by atoms with Crippen molar-refractivity contribution in [3.05, 3.63) is 59.7 Å². The fourth-order valence-corrected chi connectivity index (χ4v) is 4.28. The second-order valence-electron chi connectivity index (χ2n) is 6.90. The van der Waals surface area contributed by atoms with Crippen molar-refractivity contribution in [2.75, 3.05) is 7.11 Å². The molecule has 1 N–H and O–H groups in total. The number of methoxy groups -OCH3 is 1. The molecule has 2 aliphatic rings. The number of Topliss-reactive ketones (excluding diaryl/α,β-unsaturated/α-hetero) is 1. The largest absolute Gasteiger partial charge is 0.504 e. The minimum Gasteiger partial charge on any atom is -0.504 e. The van der Waals surface area contributed by atoms with Crippen molar-refractivity contribution in [1.82, 2.24) is 0 Å². The number of phenolic OH excluding ortho intramolecular Hbond substituents is 1. The molecule has 25 heavy (non-hydrogen) atoms. The third-order valence-electron chi connectivity index (χ3n) is 5.57. The molecule has 2 aliphatic carbocycles.